The van der Waals surface area contributed by atoms with Gasteiger partial charge < -0.3 is 28.8 Å². The average molecular weight is 596 g/mol. The molecule has 2 aliphatic rings. The SMILES string of the molecule is CCOC(=O)On1cc(C(=O)C(=O)N2CCOCC2)c2cc(C(=O)N3CCC(Cc4ccc(F)cc4)CC3)c(OC)cc21. The average Bonchev–Trinajstić information content (AvgIpc) is 3.38. The highest BCUT2D eigenvalue weighted by Crippen LogP contribution is 2.32. The van der Waals surface area contributed by atoms with Crippen molar-refractivity contribution in [3.63, 3.8) is 0 Å². The summed E-state index contributed by atoms with van der Waals surface area (Å²) in [7, 11) is 1.42. The number of fused-ring (bicyclic) bond motifs is 1. The molecule has 0 spiro atoms. The molecule has 3 heterocycles. The monoisotopic (exact) mass is 595 g/mol. The van der Waals surface area contributed by atoms with Gasteiger partial charge in [-0.3, -0.25) is 14.4 Å². The summed E-state index contributed by atoms with van der Waals surface area (Å²) >= 11 is 0. The summed E-state index contributed by atoms with van der Waals surface area (Å²) in [6.45, 7) is 3.92. The maximum Gasteiger partial charge on any atom is 0.533 e. The molecule has 228 valence electrons. The van der Waals surface area contributed by atoms with E-state index < -0.39 is 17.8 Å². The lowest BCUT2D eigenvalue weighted by Crippen LogP contribution is -2.44. The first kappa shape index (κ1) is 30.0. The largest absolute Gasteiger partial charge is 0.533 e. The number of rotatable bonds is 8. The smallest absolute Gasteiger partial charge is 0.496 e. The van der Waals surface area contributed by atoms with Crippen molar-refractivity contribution < 1.29 is 42.6 Å². The highest BCUT2D eigenvalue weighted by molar-refractivity contribution is 6.45. The molecule has 3 aromatic rings. The Morgan fingerprint density at radius 2 is 1.65 bits per heavy atom. The second-order valence-electron chi connectivity index (χ2n) is 10.5. The first-order valence-corrected chi connectivity index (χ1v) is 14.3. The third-order valence-corrected chi connectivity index (χ3v) is 7.83. The van der Waals surface area contributed by atoms with Crippen molar-refractivity contribution in [2.24, 2.45) is 5.92 Å². The quantitative estimate of drug-likeness (QED) is 0.221. The number of carbonyl (C=O) groups excluding carboxylic acids is 4. The zero-order chi connectivity index (χ0) is 30.5. The molecule has 43 heavy (non-hydrogen) atoms. The molecule has 2 fully saturated rings. The van der Waals surface area contributed by atoms with Gasteiger partial charge in [-0.25, -0.2) is 9.18 Å². The van der Waals surface area contributed by atoms with Crippen LogP contribution in [0.4, 0.5) is 9.18 Å². The lowest BCUT2D eigenvalue weighted by Gasteiger charge is -2.32. The third kappa shape index (κ3) is 6.64. The summed E-state index contributed by atoms with van der Waals surface area (Å²) < 4.78 is 30.1. The molecule has 2 aromatic carbocycles. The van der Waals surface area contributed by atoms with E-state index in [4.69, 9.17) is 19.0 Å². The number of piperidine rings is 1. The van der Waals surface area contributed by atoms with Gasteiger partial charge in [0.1, 0.15) is 11.6 Å². The Balaban J connectivity index is 1.42. The molecule has 12 heteroatoms. The maximum absolute atomic E-state index is 13.8. The highest BCUT2D eigenvalue weighted by atomic mass is 19.1. The Morgan fingerprint density at radius 3 is 2.30 bits per heavy atom. The van der Waals surface area contributed by atoms with Crippen molar-refractivity contribution in [1.29, 1.82) is 0 Å². The van der Waals surface area contributed by atoms with Crippen LogP contribution in [0.2, 0.25) is 0 Å². The number of aromatic nitrogens is 1. The van der Waals surface area contributed by atoms with Crippen LogP contribution in [-0.2, 0) is 20.7 Å². The molecule has 0 N–H and O–H groups in total. The lowest BCUT2D eigenvalue weighted by atomic mass is 9.90. The van der Waals surface area contributed by atoms with Crippen molar-refractivity contribution in [2.45, 2.75) is 26.2 Å². The van der Waals surface area contributed by atoms with Crippen LogP contribution >= 0.6 is 0 Å². The van der Waals surface area contributed by atoms with E-state index >= 15 is 0 Å². The number of methoxy groups -OCH3 is 1. The summed E-state index contributed by atoms with van der Waals surface area (Å²) in [6, 6.07) is 9.48. The molecule has 0 saturated carbocycles. The molecule has 0 atom stereocenters. The van der Waals surface area contributed by atoms with Crippen LogP contribution in [0.25, 0.3) is 10.9 Å². The molecule has 2 aliphatic heterocycles. The number of hydrogen-bond donors (Lipinski definition) is 0. The molecule has 2 amide bonds. The second-order valence-corrected chi connectivity index (χ2v) is 10.5. The standard InChI is InChI=1S/C31H34FN3O8/c1-3-42-31(39)43-35-19-25(28(36)30(38)34-12-14-41-15-13-34)23-17-24(27(40-2)18-26(23)35)29(37)33-10-8-21(9-11-33)16-20-4-6-22(32)7-5-20/h4-7,17-19,21H,3,8-16H2,1-2H3. The molecule has 2 saturated heterocycles. The minimum absolute atomic E-state index is 0.0227. The van der Waals surface area contributed by atoms with Crippen LogP contribution in [0.5, 0.6) is 5.75 Å². The van der Waals surface area contributed by atoms with Gasteiger partial charge in [-0.15, -0.1) is 0 Å². The second kappa shape index (κ2) is 13.2. The van der Waals surface area contributed by atoms with Gasteiger partial charge in [0, 0.05) is 37.6 Å². The number of carbonyl (C=O) groups is 4. The fourth-order valence-electron chi connectivity index (χ4n) is 5.53. The van der Waals surface area contributed by atoms with Gasteiger partial charge in [-0.2, -0.15) is 4.73 Å². The number of ether oxygens (including phenoxy) is 3. The van der Waals surface area contributed by atoms with Crippen LogP contribution in [0.15, 0.2) is 42.6 Å². The van der Waals surface area contributed by atoms with E-state index in [9.17, 15) is 23.6 Å². The van der Waals surface area contributed by atoms with Crippen LogP contribution < -0.4 is 9.57 Å². The van der Waals surface area contributed by atoms with Gasteiger partial charge in [-0.1, -0.05) is 12.1 Å². The Hall–Kier alpha value is -4.45. The number of likely N-dealkylation sites (tertiary alicyclic amines) is 1. The van der Waals surface area contributed by atoms with E-state index in [-0.39, 0.29) is 59.2 Å². The molecule has 0 unspecified atom stereocenters. The van der Waals surface area contributed by atoms with Gasteiger partial charge in [0.05, 0.1) is 49.8 Å². The number of amides is 2. The number of Topliss-reactive ketones (excluding diaryl/α,β-unsaturated/α-hetero) is 1. The van der Waals surface area contributed by atoms with E-state index in [2.05, 4.69) is 0 Å². The molecule has 0 bridgehead atoms. The Kier molecular flexibility index (Phi) is 9.24. The number of nitrogens with zero attached hydrogens (tertiary/aromatic N) is 3. The number of halogens is 1. The van der Waals surface area contributed by atoms with E-state index in [1.54, 1.807) is 24.0 Å². The van der Waals surface area contributed by atoms with Crippen LogP contribution in [0, 0.1) is 11.7 Å². The Bertz CT molecular complexity index is 1510. The molecule has 1 aromatic heterocycles. The molecule has 5 rings (SSSR count). The first-order chi connectivity index (χ1) is 20.8. The van der Waals surface area contributed by atoms with Gasteiger partial charge in [0.2, 0.25) is 0 Å². The number of ketones is 1. The number of benzene rings is 2. The van der Waals surface area contributed by atoms with Gasteiger partial charge in [-0.05, 0) is 55.9 Å². The molecular formula is C31H34FN3O8. The van der Waals surface area contributed by atoms with Gasteiger partial charge >= 0.3 is 6.16 Å². The predicted molar refractivity (Wildman–Crippen MR) is 153 cm³/mol. The zero-order valence-electron chi connectivity index (χ0n) is 24.2. The highest BCUT2D eigenvalue weighted by Gasteiger charge is 2.31. The number of morpholine rings is 1. The van der Waals surface area contributed by atoms with E-state index in [0.717, 1.165) is 29.6 Å². The van der Waals surface area contributed by atoms with Crippen molar-refractivity contribution in [1.82, 2.24) is 14.5 Å². The third-order valence-electron chi connectivity index (χ3n) is 7.83. The van der Waals surface area contributed by atoms with Gasteiger partial charge in [0.15, 0.2) is 0 Å². The Morgan fingerprint density at radius 1 is 0.953 bits per heavy atom. The summed E-state index contributed by atoms with van der Waals surface area (Å²) in [5.41, 5.74) is 1.49. The molecule has 0 aliphatic carbocycles. The van der Waals surface area contributed by atoms with E-state index in [1.807, 2.05) is 0 Å². The van der Waals surface area contributed by atoms with E-state index in [0.29, 0.717) is 32.2 Å². The van der Waals surface area contributed by atoms with Crippen LogP contribution in [-0.4, -0.2) is 91.4 Å². The normalized spacial score (nSPS) is 15.8. The fraction of sp³-hybridized carbons (Fsp3) is 0.419. The maximum atomic E-state index is 13.8. The van der Waals surface area contributed by atoms with Crippen molar-refractivity contribution in [3.8, 4) is 5.75 Å². The Labute approximate surface area is 248 Å². The summed E-state index contributed by atoms with van der Waals surface area (Å²) in [5, 5.41) is 0.256. The molecule has 0 radical (unpaired) electrons. The van der Waals surface area contributed by atoms with Crippen molar-refractivity contribution >= 4 is 34.7 Å². The van der Waals surface area contributed by atoms with Crippen LogP contribution in [0.3, 0.4) is 0 Å². The summed E-state index contributed by atoms with van der Waals surface area (Å²) in [6.07, 6.45) is 2.59. The zero-order valence-corrected chi connectivity index (χ0v) is 24.2. The minimum atomic E-state index is -1.000. The molecule has 11 nitrogen and oxygen atoms in total. The van der Waals surface area contributed by atoms with Crippen LogP contribution in [0.1, 0.15) is 46.0 Å². The first-order valence-electron chi connectivity index (χ1n) is 14.3. The topological polar surface area (TPSA) is 117 Å². The lowest BCUT2D eigenvalue weighted by molar-refractivity contribution is -0.130. The van der Waals surface area contributed by atoms with Gasteiger partial charge in [0.25, 0.3) is 17.6 Å². The van der Waals surface area contributed by atoms with E-state index in [1.165, 1.54) is 42.5 Å². The molecular weight excluding hydrogens is 561 g/mol. The van der Waals surface area contributed by atoms with Crippen molar-refractivity contribution in [2.75, 3.05) is 53.1 Å². The summed E-state index contributed by atoms with van der Waals surface area (Å²) in [4.78, 5) is 60.9. The minimum Gasteiger partial charge on any atom is -0.496 e. The number of hydrogen-bond acceptors (Lipinski definition) is 8. The van der Waals surface area contributed by atoms with Crippen molar-refractivity contribution in [3.05, 3.63) is 65.1 Å². The summed E-state index contributed by atoms with van der Waals surface area (Å²) in [5.74, 6) is -1.50. The predicted octanol–water partition coefficient (Wildman–Crippen LogP) is 3.51. The fourth-order valence-corrected chi connectivity index (χ4v) is 5.53.